The first-order valence-corrected chi connectivity index (χ1v) is 20.0. The van der Waals surface area contributed by atoms with Gasteiger partial charge in [0.25, 0.3) is 5.56 Å². The summed E-state index contributed by atoms with van der Waals surface area (Å²) in [5, 5.41) is 9.57. The zero-order valence-electron chi connectivity index (χ0n) is 31.6. The van der Waals surface area contributed by atoms with Gasteiger partial charge in [-0.3, -0.25) is 19.0 Å². The van der Waals surface area contributed by atoms with E-state index < -0.39 is 0 Å². The van der Waals surface area contributed by atoms with E-state index in [0.717, 1.165) is 109 Å². The van der Waals surface area contributed by atoms with Gasteiger partial charge in [-0.1, -0.05) is 83.1 Å². The van der Waals surface area contributed by atoms with Gasteiger partial charge in [0.05, 0.1) is 16.7 Å². The van der Waals surface area contributed by atoms with E-state index in [0.29, 0.717) is 12.3 Å². The van der Waals surface area contributed by atoms with Crippen LogP contribution in [0.15, 0.2) is 88.6 Å². The van der Waals surface area contributed by atoms with Crippen molar-refractivity contribution < 1.29 is 4.79 Å². The molecule has 3 aliphatic rings. The fourth-order valence-corrected chi connectivity index (χ4v) is 11.2. The zero-order chi connectivity index (χ0) is 36.8. The van der Waals surface area contributed by atoms with Crippen LogP contribution in [0.5, 0.6) is 0 Å². The van der Waals surface area contributed by atoms with Crippen LogP contribution in [0.2, 0.25) is 0 Å². The van der Waals surface area contributed by atoms with E-state index >= 15 is 0 Å². The molecule has 3 heterocycles. The minimum Gasteiger partial charge on any atom is -0.294 e. The number of aromatic nitrogens is 2. The van der Waals surface area contributed by atoms with Crippen molar-refractivity contribution >= 4 is 82.5 Å². The number of pyridine rings is 1. The fourth-order valence-electron chi connectivity index (χ4n) is 11.2. The van der Waals surface area contributed by atoms with Crippen molar-refractivity contribution in [3.05, 3.63) is 117 Å². The first kappa shape index (κ1) is 32.0. The molecule has 0 N–H and O–H groups in total. The first-order valence-electron chi connectivity index (χ1n) is 20.0. The number of imidazole rings is 1. The smallest absolute Gasteiger partial charge is 0.264 e. The van der Waals surface area contributed by atoms with E-state index in [1.54, 1.807) is 0 Å². The second-order valence-corrected chi connectivity index (χ2v) is 16.8. The molecule has 11 rings (SSSR count). The highest BCUT2D eigenvalue weighted by molar-refractivity contribution is 6.34. The number of carbonyl (C=O) groups is 1. The van der Waals surface area contributed by atoms with Crippen LogP contribution in [0.4, 0.5) is 5.69 Å². The third kappa shape index (κ3) is 4.00. The number of ketones is 1. The molecule has 2 unspecified atom stereocenters. The molecule has 2 aliphatic carbocycles. The summed E-state index contributed by atoms with van der Waals surface area (Å²) >= 11 is 0. The molecule has 0 saturated carbocycles. The van der Waals surface area contributed by atoms with Crippen molar-refractivity contribution in [3.8, 4) is 0 Å². The summed E-state index contributed by atoms with van der Waals surface area (Å²) in [4.78, 5) is 39.8. The highest BCUT2D eigenvalue weighted by atomic mass is 16.1. The molecular weight excluding hydrogens is 663 g/mol. The van der Waals surface area contributed by atoms with E-state index in [-0.39, 0.29) is 28.6 Å². The maximum Gasteiger partial charge on any atom is 0.264 e. The molecule has 0 fully saturated rings. The van der Waals surface area contributed by atoms with Crippen molar-refractivity contribution in [2.24, 2.45) is 22.2 Å². The third-order valence-electron chi connectivity index (χ3n) is 14.4. The van der Waals surface area contributed by atoms with Crippen molar-refractivity contribution in [2.45, 2.75) is 79.1 Å². The van der Waals surface area contributed by atoms with Crippen LogP contribution in [-0.4, -0.2) is 20.9 Å². The van der Waals surface area contributed by atoms with Gasteiger partial charge in [0.1, 0.15) is 5.65 Å². The number of hydrogen-bond acceptors (Lipinski definition) is 4. The van der Waals surface area contributed by atoms with Gasteiger partial charge < -0.3 is 0 Å². The van der Waals surface area contributed by atoms with Gasteiger partial charge in [-0.15, -0.1) is 0 Å². The Kier molecular flexibility index (Phi) is 6.57. The number of carbonyl (C=O) groups excluding carboxylic acids is 1. The predicted octanol–water partition coefficient (Wildman–Crippen LogP) is 10.8. The van der Waals surface area contributed by atoms with Gasteiger partial charge in [0, 0.05) is 39.8 Å². The van der Waals surface area contributed by atoms with E-state index in [1.807, 2.05) is 10.5 Å². The molecule has 0 spiro atoms. The lowest BCUT2D eigenvalue weighted by Crippen LogP contribution is -2.28. The van der Waals surface area contributed by atoms with Gasteiger partial charge in [-0.05, 0) is 134 Å². The highest BCUT2D eigenvalue weighted by Crippen LogP contribution is 2.46. The number of Topliss-reactive ketones (excluding diaryl/α,β-unsaturated/α-hetero) is 1. The van der Waals surface area contributed by atoms with E-state index in [4.69, 9.17) is 9.98 Å². The second kappa shape index (κ2) is 11.1. The minimum absolute atomic E-state index is 0.0136. The number of para-hydroxylation sites is 1. The second-order valence-electron chi connectivity index (χ2n) is 16.8. The van der Waals surface area contributed by atoms with E-state index in [2.05, 4.69) is 107 Å². The van der Waals surface area contributed by atoms with Crippen LogP contribution in [-0.2, 0) is 12.8 Å². The summed E-state index contributed by atoms with van der Waals surface area (Å²) in [6, 6.07) is 27.8. The van der Waals surface area contributed by atoms with Crippen LogP contribution in [0, 0.1) is 17.3 Å². The SMILES string of the molecule is CCC(CC)(Cc1ccc2nc3c4ccc5c6ccc7c8c6c(c6ccc(c(=O)n3c2c1)c4c65)CCC=8C1=Nc2ccccc2C(C)C(C1)C7=O)C(C)C. The molecule has 5 heteroatoms. The molecule has 2 bridgehead atoms. The van der Waals surface area contributed by atoms with Gasteiger partial charge in [-0.25, -0.2) is 4.98 Å². The average molecular weight is 706 g/mol. The summed E-state index contributed by atoms with van der Waals surface area (Å²) in [5.74, 6) is 0.711. The van der Waals surface area contributed by atoms with Crippen LogP contribution >= 0.6 is 0 Å². The van der Waals surface area contributed by atoms with Crippen LogP contribution in [0.1, 0.15) is 93.3 Å². The molecule has 2 aromatic heterocycles. The molecule has 8 aromatic rings. The zero-order valence-corrected chi connectivity index (χ0v) is 31.6. The van der Waals surface area contributed by atoms with Crippen molar-refractivity contribution in [3.63, 3.8) is 0 Å². The number of fused-ring (bicyclic) bond motifs is 10. The molecule has 6 aromatic carbocycles. The van der Waals surface area contributed by atoms with Gasteiger partial charge in [-0.2, -0.15) is 0 Å². The molecule has 54 heavy (non-hydrogen) atoms. The normalized spacial score (nSPS) is 18.4. The number of hydrogen-bond donors (Lipinski definition) is 0. The molecule has 0 amide bonds. The topological polar surface area (TPSA) is 63.8 Å². The van der Waals surface area contributed by atoms with Gasteiger partial charge in [0.15, 0.2) is 5.78 Å². The molecular formula is C49H43N3O2. The Labute approximate surface area is 313 Å². The highest BCUT2D eigenvalue weighted by Gasteiger charge is 2.38. The fraction of sp³-hybridized carbons (Fsp3) is 0.306. The molecule has 0 radical (unpaired) electrons. The van der Waals surface area contributed by atoms with E-state index in [1.165, 1.54) is 27.5 Å². The number of aliphatic imine (C=N–C) groups is 1. The Bertz CT molecular complexity index is 3120. The Balaban J connectivity index is 1.19. The summed E-state index contributed by atoms with van der Waals surface area (Å²) in [7, 11) is 0. The van der Waals surface area contributed by atoms with Crippen LogP contribution < -0.4 is 10.8 Å². The number of rotatable bonds is 5. The van der Waals surface area contributed by atoms with Crippen molar-refractivity contribution in [1.82, 2.24) is 9.38 Å². The number of aryl methyl sites for hydroxylation is 1. The molecule has 2 atom stereocenters. The first-order chi connectivity index (χ1) is 26.2. The monoisotopic (exact) mass is 705 g/mol. The summed E-state index contributed by atoms with van der Waals surface area (Å²) < 4.78 is 1.87. The van der Waals surface area contributed by atoms with Crippen LogP contribution in [0.25, 0.3) is 65.3 Å². The number of nitrogens with zero attached hydrogens (tertiary/aromatic N) is 3. The Morgan fingerprint density at radius 3 is 2.35 bits per heavy atom. The molecule has 266 valence electrons. The van der Waals surface area contributed by atoms with E-state index in [9.17, 15) is 9.59 Å². The predicted molar refractivity (Wildman–Crippen MR) is 223 cm³/mol. The maximum absolute atomic E-state index is 14.7. The Hall–Kier alpha value is -5.42. The van der Waals surface area contributed by atoms with Gasteiger partial charge >= 0.3 is 0 Å². The summed E-state index contributed by atoms with van der Waals surface area (Å²) in [6.07, 6.45) is 5.57. The maximum atomic E-state index is 14.7. The molecule has 1 aliphatic heterocycles. The standard InChI is InChI=1S/C49H43N3O2/c1-6-49(7-2,25(3)4)24-27-12-21-39-41(22-27)52-47(51-39)35-19-15-31-30-14-18-34-44-33(40-23-37(46(34)53)26(5)28-10-8-9-11-38(28)50-40)17-13-29(42(30)44)32-16-20-36(48(52)54)45(35)43(31)32/h8-12,14-16,18-22,25-26,37H,6-7,13,17,23-24H2,1-5H3. The molecule has 5 nitrogen and oxygen atoms in total. The summed E-state index contributed by atoms with van der Waals surface area (Å²) in [5.41, 5.74) is 10.5. The number of benzene rings is 6. The van der Waals surface area contributed by atoms with Crippen molar-refractivity contribution in [1.29, 1.82) is 0 Å². The lowest BCUT2D eigenvalue weighted by atomic mass is 9.69. The molecule has 0 saturated heterocycles. The largest absolute Gasteiger partial charge is 0.294 e. The summed E-state index contributed by atoms with van der Waals surface area (Å²) in [6.45, 7) is 11.5. The van der Waals surface area contributed by atoms with Crippen molar-refractivity contribution in [2.75, 3.05) is 0 Å². The average Bonchev–Trinajstić information content (AvgIpc) is 3.45. The minimum atomic E-state index is -0.150. The quantitative estimate of drug-likeness (QED) is 0.132. The van der Waals surface area contributed by atoms with Crippen LogP contribution in [0.3, 0.4) is 0 Å². The lowest BCUT2D eigenvalue weighted by molar-refractivity contribution is 0.0908. The Morgan fingerprint density at radius 1 is 0.815 bits per heavy atom. The Morgan fingerprint density at radius 2 is 1.54 bits per heavy atom. The third-order valence-corrected chi connectivity index (χ3v) is 14.4. The lowest BCUT2D eigenvalue weighted by Gasteiger charge is -2.36. The van der Waals surface area contributed by atoms with Gasteiger partial charge in [0.2, 0.25) is 0 Å².